The van der Waals surface area contributed by atoms with E-state index in [2.05, 4.69) is 39.7 Å². The SMILES string of the molecule is Cc1ccccc1CNc1ccnc(Nc2cc(Cl)ccc2Cl)n1. The monoisotopic (exact) mass is 358 g/mol. The number of nitrogens with zero attached hydrogens (tertiary/aromatic N) is 2. The Hall–Kier alpha value is -2.30. The van der Waals surface area contributed by atoms with Crippen LogP contribution in [-0.2, 0) is 6.54 Å². The molecule has 3 aromatic rings. The van der Waals surface area contributed by atoms with Gasteiger partial charge in [-0.25, -0.2) is 4.98 Å². The Bertz CT molecular complexity index is 852. The van der Waals surface area contributed by atoms with Crippen LogP contribution in [0.4, 0.5) is 17.5 Å². The quantitative estimate of drug-likeness (QED) is 0.636. The average molecular weight is 359 g/mol. The van der Waals surface area contributed by atoms with Crippen LogP contribution in [0.15, 0.2) is 54.7 Å². The van der Waals surface area contributed by atoms with Crippen molar-refractivity contribution >= 4 is 40.7 Å². The summed E-state index contributed by atoms with van der Waals surface area (Å²) in [7, 11) is 0. The first-order valence-electron chi connectivity index (χ1n) is 7.45. The number of aryl methyl sites for hydroxylation is 1. The highest BCUT2D eigenvalue weighted by Gasteiger charge is 2.05. The summed E-state index contributed by atoms with van der Waals surface area (Å²) in [4.78, 5) is 8.66. The number of rotatable bonds is 5. The summed E-state index contributed by atoms with van der Waals surface area (Å²) in [5.41, 5.74) is 3.13. The smallest absolute Gasteiger partial charge is 0.229 e. The van der Waals surface area contributed by atoms with Gasteiger partial charge in [-0.2, -0.15) is 4.98 Å². The van der Waals surface area contributed by atoms with Crippen molar-refractivity contribution in [2.45, 2.75) is 13.5 Å². The fourth-order valence-corrected chi connectivity index (χ4v) is 2.56. The van der Waals surface area contributed by atoms with E-state index in [9.17, 15) is 0 Å². The number of aromatic nitrogens is 2. The molecule has 0 radical (unpaired) electrons. The third kappa shape index (κ3) is 4.16. The third-order valence-electron chi connectivity index (χ3n) is 3.55. The summed E-state index contributed by atoms with van der Waals surface area (Å²) < 4.78 is 0. The Kier molecular flexibility index (Phi) is 5.18. The maximum Gasteiger partial charge on any atom is 0.229 e. The number of anilines is 3. The van der Waals surface area contributed by atoms with Gasteiger partial charge in [0.15, 0.2) is 0 Å². The van der Waals surface area contributed by atoms with E-state index < -0.39 is 0 Å². The Balaban J connectivity index is 1.72. The molecule has 2 aromatic carbocycles. The molecule has 0 unspecified atom stereocenters. The summed E-state index contributed by atoms with van der Waals surface area (Å²) in [6.07, 6.45) is 1.69. The summed E-state index contributed by atoms with van der Waals surface area (Å²) in [5.74, 6) is 1.18. The molecule has 2 N–H and O–H groups in total. The van der Waals surface area contributed by atoms with E-state index in [-0.39, 0.29) is 0 Å². The maximum atomic E-state index is 6.15. The molecule has 6 heteroatoms. The number of halogens is 2. The average Bonchev–Trinajstić information content (AvgIpc) is 2.58. The number of hydrogen-bond donors (Lipinski definition) is 2. The fraction of sp³-hybridized carbons (Fsp3) is 0.111. The van der Waals surface area contributed by atoms with Crippen LogP contribution in [0, 0.1) is 6.92 Å². The van der Waals surface area contributed by atoms with Gasteiger partial charge in [-0.1, -0.05) is 47.5 Å². The first-order chi connectivity index (χ1) is 11.6. The zero-order chi connectivity index (χ0) is 16.9. The number of benzene rings is 2. The van der Waals surface area contributed by atoms with Crippen LogP contribution in [0.25, 0.3) is 0 Å². The summed E-state index contributed by atoms with van der Waals surface area (Å²) in [6.45, 7) is 2.78. The van der Waals surface area contributed by atoms with Gasteiger partial charge in [0.05, 0.1) is 10.7 Å². The van der Waals surface area contributed by atoms with Crippen LogP contribution in [0.5, 0.6) is 0 Å². The molecular formula is C18H16Cl2N4. The van der Waals surface area contributed by atoms with Crippen LogP contribution in [0.2, 0.25) is 10.0 Å². The minimum absolute atomic E-state index is 0.453. The standard InChI is InChI=1S/C18H16Cl2N4/c1-12-4-2-3-5-13(12)11-22-17-8-9-21-18(24-17)23-16-10-14(19)6-7-15(16)20/h2-10H,11H2,1H3,(H2,21,22,23,24). The molecule has 0 spiro atoms. The van der Waals surface area contributed by atoms with Crippen molar-refractivity contribution in [3.63, 3.8) is 0 Å². The van der Waals surface area contributed by atoms with Gasteiger partial charge in [0.1, 0.15) is 5.82 Å². The molecule has 0 fully saturated rings. The third-order valence-corrected chi connectivity index (χ3v) is 4.12. The Morgan fingerprint density at radius 1 is 1.04 bits per heavy atom. The van der Waals surface area contributed by atoms with Crippen LogP contribution in [-0.4, -0.2) is 9.97 Å². The first kappa shape index (κ1) is 16.6. The first-order valence-corrected chi connectivity index (χ1v) is 8.21. The van der Waals surface area contributed by atoms with Gasteiger partial charge in [-0.15, -0.1) is 0 Å². The molecule has 0 aliphatic rings. The van der Waals surface area contributed by atoms with E-state index in [1.165, 1.54) is 11.1 Å². The molecule has 1 aromatic heterocycles. The van der Waals surface area contributed by atoms with E-state index in [4.69, 9.17) is 23.2 Å². The van der Waals surface area contributed by atoms with Crippen molar-refractivity contribution in [1.82, 2.24) is 9.97 Å². The van der Waals surface area contributed by atoms with Crippen molar-refractivity contribution in [1.29, 1.82) is 0 Å². The fourth-order valence-electron chi connectivity index (χ4n) is 2.23. The van der Waals surface area contributed by atoms with E-state index in [0.29, 0.717) is 28.2 Å². The summed E-state index contributed by atoms with van der Waals surface area (Å²) in [6, 6.07) is 15.3. The lowest BCUT2D eigenvalue weighted by Gasteiger charge is -2.10. The van der Waals surface area contributed by atoms with Crippen LogP contribution in [0.1, 0.15) is 11.1 Å². The molecule has 0 atom stereocenters. The van der Waals surface area contributed by atoms with Gasteiger partial charge in [-0.05, 0) is 42.3 Å². The number of hydrogen-bond acceptors (Lipinski definition) is 4. The van der Waals surface area contributed by atoms with E-state index in [1.54, 1.807) is 24.4 Å². The molecule has 0 aliphatic heterocycles. The van der Waals surface area contributed by atoms with Crippen molar-refractivity contribution in [3.05, 3.63) is 75.9 Å². The van der Waals surface area contributed by atoms with Crippen molar-refractivity contribution in [3.8, 4) is 0 Å². The summed E-state index contributed by atoms with van der Waals surface area (Å²) >= 11 is 12.1. The predicted molar refractivity (Wildman–Crippen MR) is 100 cm³/mol. The molecule has 0 aliphatic carbocycles. The molecule has 1 heterocycles. The Labute approximate surface area is 150 Å². The minimum Gasteiger partial charge on any atom is -0.366 e. The largest absolute Gasteiger partial charge is 0.366 e. The number of nitrogens with one attached hydrogen (secondary N) is 2. The summed E-state index contributed by atoms with van der Waals surface area (Å²) in [5, 5.41) is 7.54. The lowest BCUT2D eigenvalue weighted by molar-refractivity contribution is 1.07. The predicted octanol–water partition coefficient (Wildman–Crippen LogP) is 5.45. The molecular weight excluding hydrogens is 343 g/mol. The van der Waals surface area contributed by atoms with Gasteiger partial charge in [-0.3, -0.25) is 0 Å². The van der Waals surface area contributed by atoms with Gasteiger partial charge >= 0.3 is 0 Å². The molecule has 3 rings (SSSR count). The molecule has 4 nitrogen and oxygen atoms in total. The molecule has 122 valence electrons. The topological polar surface area (TPSA) is 49.8 Å². The molecule has 24 heavy (non-hydrogen) atoms. The van der Waals surface area contributed by atoms with Gasteiger partial charge in [0, 0.05) is 17.8 Å². The zero-order valence-electron chi connectivity index (χ0n) is 13.1. The van der Waals surface area contributed by atoms with Gasteiger partial charge in [0.2, 0.25) is 5.95 Å². The second-order valence-electron chi connectivity index (χ2n) is 5.29. The highest BCUT2D eigenvalue weighted by Crippen LogP contribution is 2.27. The zero-order valence-corrected chi connectivity index (χ0v) is 14.6. The Morgan fingerprint density at radius 3 is 2.71 bits per heavy atom. The second kappa shape index (κ2) is 7.51. The van der Waals surface area contributed by atoms with Gasteiger partial charge in [0.25, 0.3) is 0 Å². The lowest BCUT2D eigenvalue weighted by atomic mass is 10.1. The normalized spacial score (nSPS) is 10.5. The molecule has 0 bridgehead atoms. The van der Waals surface area contributed by atoms with Crippen molar-refractivity contribution in [2.24, 2.45) is 0 Å². The minimum atomic E-state index is 0.453. The molecule has 0 saturated carbocycles. The van der Waals surface area contributed by atoms with E-state index >= 15 is 0 Å². The highest BCUT2D eigenvalue weighted by atomic mass is 35.5. The van der Waals surface area contributed by atoms with Gasteiger partial charge < -0.3 is 10.6 Å². The Morgan fingerprint density at radius 2 is 1.88 bits per heavy atom. The van der Waals surface area contributed by atoms with E-state index in [0.717, 1.165) is 5.82 Å². The molecule has 0 amide bonds. The second-order valence-corrected chi connectivity index (χ2v) is 6.14. The highest BCUT2D eigenvalue weighted by molar-refractivity contribution is 6.35. The molecule has 0 saturated heterocycles. The lowest BCUT2D eigenvalue weighted by Crippen LogP contribution is -2.05. The van der Waals surface area contributed by atoms with Crippen LogP contribution in [0.3, 0.4) is 0 Å². The van der Waals surface area contributed by atoms with Crippen LogP contribution >= 0.6 is 23.2 Å². The van der Waals surface area contributed by atoms with Crippen molar-refractivity contribution in [2.75, 3.05) is 10.6 Å². The van der Waals surface area contributed by atoms with Crippen LogP contribution < -0.4 is 10.6 Å². The van der Waals surface area contributed by atoms with E-state index in [1.807, 2.05) is 18.2 Å². The van der Waals surface area contributed by atoms with Crippen molar-refractivity contribution < 1.29 is 0 Å². The maximum absolute atomic E-state index is 6.15.